The number of aliphatic hydroxyl groups excluding tert-OH is 1. The van der Waals surface area contributed by atoms with Crippen molar-refractivity contribution in [3.05, 3.63) is 34.0 Å². The molecule has 0 aliphatic carbocycles. The molecule has 0 unspecified atom stereocenters. The third-order valence-corrected chi connectivity index (χ3v) is 3.80. The Morgan fingerprint density at radius 3 is 2.94 bits per heavy atom. The predicted molar refractivity (Wildman–Crippen MR) is 74.7 cm³/mol. The summed E-state index contributed by atoms with van der Waals surface area (Å²) in [6, 6.07) is 4.12. The smallest absolute Gasteiger partial charge is 0.148 e. The van der Waals surface area contributed by atoms with E-state index < -0.39 is 0 Å². The van der Waals surface area contributed by atoms with Gasteiger partial charge in [-0.1, -0.05) is 13.0 Å². The van der Waals surface area contributed by atoms with Gasteiger partial charge in [0.1, 0.15) is 5.58 Å². The molecule has 0 fully saturated rings. The molecule has 1 aromatic carbocycles. The molecule has 3 nitrogen and oxygen atoms in total. The molecule has 2 aromatic rings. The third-order valence-electron chi connectivity index (χ3n) is 2.93. The number of aliphatic hydroxyl groups is 1. The average Bonchev–Trinajstić information content (AvgIpc) is 2.87. The lowest BCUT2D eigenvalue weighted by Gasteiger charge is -2.09. The normalized spacial score (nSPS) is 11.3. The van der Waals surface area contributed by atoms with Gasteiger partial charge in [0.25, 0.3) is 0 Å². The highest BCUT2D eigenvalue weighted by molar-refractivity contribution is 9.10. The Labute approximate surface area is 115 Å². The minimum absolute atomic E-state index is 0.168. The largest absolute Gasteiger partial charge is 0.463 e. The van der Waals surface area contributed by atoms with Gasteiger partial charge in [-0.25, -0.2) is 0 Å². The first-order valence-corrected chi connectivity index (χ1v) is 6.93. The summed E-state index contributed by atoms with van der Waals surface area (Å²) in [4.78, 5) is 0. The molecule has 0 amide bonds. The van der Waals surface area contributed by atoms with Crippen molar-refractivity contribution in [2.45, 2.75) is 26.4 Å². The molecule has 0 radical (unpaired) electrons. The Hall–Kier alpha value is -0.840. The zero-order chi connectivity index (χ0) is 13.0. The van der Waals surface area contributed by atoms with Gasteiger partial charge in [-0.2, -0.15) is 0 Å². The monoisotopic (exact) mass is 312 g/mol. The first-order chi connectivity index (χ1) is 8.77. The van der Waals surface area contributed by atoms with E-state index in [0.717, 1.165) is 27.4 Å². The summed E-state index contributed by atoms with van der Waals surface area (Å²) in [6.45, 7) is 3.41. The molecule has 0 saturated carbocycles. The van der Waals surface area contributed by atoms with E-state index in [4.69, 9.17) is 14.3 Å². The van der Waals surface area contributed by atoms with E-state index in [-0.39, 0.29) is 6.61 Å². The first kappa shape index (κ1) is 13.6. The lowest BCUT2D eigenvalue weighted by molar-refractivity contribution is 0.105. The van der Waals surface area contributed by atoms with Gasteiger partial charge in [0, 0.05) is 18.6 Å². The average molecular weight is 313 g/mol. The van der Waals surface area contributed by atoms with Crippen LogP contribution in [-0.2, 0) is 17.8 Å². The first-order valence-electron chi connectivity index (χ1n) is 6.14. The molecular formula is C14H17BrO3. The van der Waals surface area contributed by atoms with Crippen LogP contribution < -0.4 is 0 Å². The highest BCUT2D eigenvalue weighted by atomic mass is 79.9. The zero-order valence-corrected chi connectivity index (χ0v) is 12.0. The fourth-order valence-corrected chi connectivity index (χ4v) is 2.66. The van der Waals surface area contributed by atoms with E-state index in [1.165, 1.54) is 5.56 Å². The topological polar surface area (TPSA) is 42.6 Å². The molecule has 0 spiro atoms. The van der Waals surface area contributed by atoms with Gasteiger partial charge in [0.05, 0.1) is 17.3 Å². The molecule has 1 heterocycles. The van der Waals surface area contributed by atoms with Crippen LogP contribution in [0.5, 0.6) is 0 Å². The number of aryl methyl sites for hydroxylation is 1. The highest BCUT2D eigenvalue weighted by Crippen LogP contribution is 2.32. The molecule has 4 heteroatoms. The molecule has 1 N–H and O–H groups in total. The third kappa shape index (κ3) is 2.76. The summed E-state index contributed by atoms with van der Waals surface area (Å²) in [5.41, 5.74) is 3.24. The summed E-state index contributed by atoms with van der Waals surface area (Å²) in [7, 11) is 0. The quantitative estimate of drug-likeness (QED) is 0.828. The van der Waals surface area contributed by atoms with E-state index >= 15 is 0 Å². The van der Waals surface area contributed by atoms with Crippen LogP contribution in [-0.4, -0.2) is 18.3 Å². The lowest BCUT2D eigenvalue weighted by Crippen LogP contribution is -1.99. The van der Waals surface area contributed by atoms with Gasteiger partial charge >= 0.3 is 0 Å². The summed E-state index contributed by atoms with van der Waals surface area (Å²) in [5, 5.41) is 9.81. The predicted octanol–water partition coefficient (Wildman–Crippen LogP) is 3.66. The Morgan fingerprint density at radius 1 is 1.39 bits per heavy atom. The molecular weight excluding hydrogens is 296 g/mol. The SMILES string of the molecule is CCc1cc(COCCCO)c2ccoc2c1Br. The van der Waals surface area contributed by atoms with Gasteiger partial charge < -0.3 is 14.3 Å². The summed E-state index contributed by atoms with van der Waals surface area (Å²) < 4.78 is 12.1. The lowest BCUT2D eigenvalue weighted by atomic mass is 10.1. The summed E-state index contributed by atoms with van der Waals surface area (Å²) in [6.07, 6.45) is 3.32. The van der Waals surface area contributed by atoms with Crippen LogP contribution in [0.15, 0.2) is 27.3 Å². The molecule has 18 heavy (non-hydrogen) atoms. The van der Waals surface area contributed by atoms with Gasteiger partial charge in [-0.05, 0) is 46.0 Å². The Kier molecular flexibility index (Phi) is 4.80. The molecule has 0 bridgehead atoms. The molecule has 0 aliphatic rings. The minimum atomic E-state index is 0.168. The summed E-state index contributed by atoms with van der Waals surface area (Å²) >= 11 is 3.58. The molecule has 0 aliphatic heterocycles. The standard InChI is InChI=1S/C14H17BrO3/c1-2-10-8-11(9-17-6-3-5-16)12-4-7-18-14(12)13(10)15/h4,7-8,16H,2-3,5-6,9H2,1H3. The van der Waals surface area contributed by atoms with Crippen molar-refractivity contribution in [1.82, 2.24) is 0 Å². The maximum absolute atomic E-state index is 8.72. The van der Waals surface area contributed by atoms with Gasteiger partial charge in [0.2, 0.25) is 0 Å². The Morgan fingerprint density at radius 2 is 2.22 bits per heavy atom. The van der Waals surface area contributed by atoms with E-state index in [1.807, 2.05) is 6.07 Å². The van der Waals surface area contributed by atoms with Gasteiger partial charge in [0.15, 0.2) is 0 Å². The summed E-state index contributed by atoms with van der Waals surface area (Å²) in [5.74, 6) is 0. The number of benzene rings is 1. The van der Waals surface area contributed by atoms with Crippen molar-refractivity contribution >= 4 is 26.9 Å². The maximum atomic E-state index is 8.72. The molecule has 1 aromatic heterocycles. The second-order valence-corrected chi connectivity index (χ2v) is 4.95. The maximum Gasteiger partial charge on any atom is 0.148 e. The van der Waals surface area contributed by atoms with Gasteiger partial charge in [-0.3, -0.25) is 0 Å². The van der Waals surface area contributed by atoms with Crippen molar-refractivity contribution < 1.29 is 14.3 Å². The number of hydrogen-bond acceptors (Lipinski definition) is 3. The van der Waals surface area contributed by atoms with E-state index in [2.05, 4.69) is 28.9 Å². The minimum Gasteiger partial charge on any atom is -0.463 e. The van der Waals surface area contributed by atoms with Crippen LogP contribution in [0, 0.1) is 0 Å². The molecule has 98 valence electrons. The van der Waals surface area contributed by atoms with Crippen molar-refractivity contribution in [3.8, 4) is 0 Å². The van der Waals surface area contributed by atoms with E-state index in [9.17, 15) is 0 Å². The number of hydrogen-bond donors (Lipinski definition) is 1. The fourth-order valence-electron chi connectivity index (χ4n) is 1.95. The second kappa shape index (κ2) is 6.36. The number of furan rings is 1. The molecule has 0 atom stereocenters. The molecule has 2 rings (SSSR count). The second-order valence-electron chi connectivity index (χ2n) is 4.16. The van der Waals surface area contributed by atoms with E-state index in [0.29, 0.717) is 19.6 Å². The van der Waals surface area contributed by atoms with Crippen molar-refractivity contribution in [1.29, 1.82) is 0 Å². The van der Waals surface area contributed by atoms with Crippen molar-refractivity contribution in [3.63, 3.8) is 0 Å². The number of rotatable bonds is 6. The number of ether oxygens (including phenoxy) is 1. The number of fused-ring (bicyclic) bond motifs is 1. The van der Waals surface area contributed by atoms with Crippen LogP contribution in [0.2, 0.25) is 0 Å². The van der Waals surface area contributed by atoms with E-state index in [1.54, 1.807) is 6.26 Å². The van der Waals surface area contributed by atoms with Crippen LogP contribution in [0.25, 0.3) is 11.0 Å². The van der Waals surface area contributed by atoms with Crippen LogP contribution >= 0.6 is 15.9 Å². The van der Waals surface area contributed by atoms with Crippen LogP contribution in [0.4, 0.5) is 0 Å². The van der Waals surface area contributed by atoms with Crippen LogP contribution in [0.1, 0.15) is 24.5 Å². The fraction of sp³-hybridized carbons (Fsp3) is 0.429. The highest BCUT2D eigenvalue weighted by Gasteiger charge is 2.12. The van der Waals surface area contributed by atoms with Gasteiger partial charge in [-0.15, -0.1) is 0 Å². The van der Waals surface area contributed by atoms with Crippen molar-refractivity contribution in [2.24, 2.45) is 0 Å². The molecule has 0 saturated heterocycles. The van der Waals surface area contributed by atoms with Crippen molar-refractivity contribution in [2.75, 3.05) is 13.2 Å². The Bertz CT molecular complexity index is 519. The number of halogens is 1. The zero-order valence-electron chi connectivity index (χ0n) is 10.4. The Balaban J connectivity index is 2.25. The van der Waals surface area contributed by atoms with Crippen LogP contribution in [0.3, 0.4) is 0 Å².